The Morgan fingerprint density at radius 3 is 2.35 bits per heavy atom. The molecule has 0 bridgehead atoms. The molecule has 20 heavy (non-hydrogen) atoms. The summed E-state index contributed by atoms with van der Waals surface area (Å²) in [5.41, 5.74) is 8.05. The van der Waals surface area contributed by atoms with Crippen LogP contribution in [0.25, 0.3) is 0 Å². The maximum atomic E-state index is 6.14. The summed E-state index contributed by atoms with van der Waals surface area (Å²) in [4.78, 5) is 0. The monoisotopic (exact) mass is 273 g/mol. The zero-order valence-corrected chi connectivity index (χ0v) is 13.3. The van der Waals surface area contributed by atoms with Crippen LogP contribution in [0.3, 0.4) is 0 Å². The zero-order valence-electron chi connectivity index (χ0n) is 13.3. The fourth-order valence-corrected chi connectivity index (χ4v) is 3.79. The van der Waals surface area contributed by atoms with Crippen LogP contribution in [-0.4, -0.2) is 6.54 Å². The Hall–Kier alpha value is -0.820. The molecule has 2 rings (SSSR count). The van der Waals surface area contributed by atoms with Gasteiger partial charge in [-0.15, -0.1) is 0 Å². The molecule has 0 unspecified atom stereocenters. The standard InChI is InChI=1S/C19H31N/c1-16(2)18-10-13-19(15-20,14-11-18)12-6-9-17-7-4-3-5-8-17/h3-5,7-8,16,18H,6,9-15,20H2,1-2H3. The van der Waals surface area contributed by atoms with Crippen molar-refractivity contribution in [3.8, 4) is 0 Å². The van der Waals surface area contributed by atoms with Crippen molar-refractivity contribution in [1.29, 1.82) is 0 Å². The van der Waals surface area contributed by atoms with Gasteiger partial charge in [-0.3, -0.25) is 0 Å². The molecule has 0 aromatic heterocycles. The Morgan fingerprint density at radius 1 is 1.15 bits per heavy atom. The smallest absolute Gasteiger partial charge is 0.00205 e. The minimum Gasteiger partial charge on any atom is -0.330 e. The third-order valence-corrected chi connectivity index (χ3v) is 5.48. The fourth-order valence-electron chi connectivity index (χ4n) is 3.79. The number of hydrogen-bond donors (Lipinski definition) is 1. The van der Waals surface area contributed by atoms with Gasteiger partial charge < -0.3 is 5.73 Å². The molecule has 1 fully saturated rings. The molecule has 1 nitrogen and oxygen atoms in total. The van der Waals surface area contributed by atoms with Gasteiger partial charge >= 0.3 is 0 Å². The molecule has 0 amide bonds. The minimum absolute atomic E-state index is 0.445. The Bertz CT molecular complexity index is 374. The van der Waals surface area contributed by atoms with E-state index in [1.54, 1.807) is 0 Å². The summed E-state index contributed by atoms with van der Waals surface area (Å²) in [6.07, 6.45) is 9.27. The van der Waals surface area contributed by atoms with Gasteiger partial charge in [-0.2, -0.15) is 0 Å². The molecule has 1 saturated carbocycles. The second kappa shape index (κ2) is 7.26. The summed E-state index contributed by atoms with van der Waals surface area (Å²) in [6, 6.07) is 10.9. The quantitative estimate of drug-likeness (QED) is 0.791. The van der Waals surface area contributed by atoms with Gasteiger partial charge in [0.15, 0.2) is 0 Å². The van der Waals surface area contributed by atoms with Crippen molar-refractivity contribution < 1.29 is 0 Å². The average Bonchev–Trinajstić information content (AvgIpc) is 2.49. The SMILES string of the molecule is CC(C)C1CCC(CN)(CCCc2ccccc2)CC1. The van der Waals surface area contributed by atoms with Gasteiger partial charge in [-0.05, 0) is 74.3 Å². The van der Waals surface area contributed by atoms with E-state index in [1.165, 1.54) is 50.5 Å². The summed E-state index contributed by atoms with van der Waals surface area (Å²) >= 11 is 0. The van der Waals surface area contributed by atoms with E-state index in [2.05, 4.69) is 44.2 Å². The van der Waals surface area contributed by atoms with E-state index in [9.17, 15) is 0 Å². The van der Waals surface area contributed by atoms with E-state index in [1.807, 2.05) is 0 Å². The van der Waals surface area contributed by atoms with Crippen molar-refractivity contribution in [3.05, 3.63) is 35.9 Å². The van der Waals surface area contributed by atoms with Crippen LogP contribution < -0.4 is 5.73 Å². The second-order valence-electron chi connectivity index (χ2n) is 7.12. The van der Waals surface area contributed by atoms with E-state index < -0.39 is 0 Å². The molecule has 0 spiro atoms. The lowest BCUT2D eigenvalue weighted by Gasteiger charge is -2.41. The van der Waals surface area contributed by atoms with Gasteiger partial charge in [-0.1, -0.05) is 44.2 Å². The average molecular weight is 273 g/mol. The molecule has 1 aromatic rings. The van der Waals surface area contributed by atoms with Crippen LogP contribution in [0.15, 0.2) is 30.3 Å². The first kappa shape index (κ1) is 15.6. The highest BCUT2D eigenvalue weighted by atomic mass is 14.6. The first-order chi connectivity index (χ1) is 9.65. The maximum Gasteiger partial charge on any atom is -0.00205 e. The second-order valence-corrected chi connectivity index (χ2v) is 7.12. The topological polar surface area (TPSA) is 26.0 Å². The number of nitrogens with two attached hydrogens (primary N) is 1. The van der Waals surface area contributed by atoms with E-state index in [0.717, 1.165) is 18.4 Å². The summed E-state index contributed by atoms with van der Waals surface area (Å²) in [5.74, 6) is 1.78. The van der Waals surface area contributed by atoms with Crippen molar-refractivity contribution in [2.24, 2.45) is 23.0 Å². The molecule has 1 heteroatoms. The predicted octanol–water partition coefficient (Wildman–Crippen LogP) is 4.80. The van der Waals surface area contributed by atoms with E-state index in [-0.39, 0.29) is 0 Å². The third-order valence-electron chi connectivity index (χ3n) is 5.48. The number of rotatable bonds is 6. The van der Waals surface area contributed by atoms with Gasteiger partial charge in [0, 0.05) is 0 Å². The first-order valence-corrected chi connectivity index (χ1v) is 8.39. The van der Waals surface area contributed by atoms with Gasteiger partial charge in [0.25, 0.3) is 0 Å². The molecular weight excluding hydrogens is 242 g/mol. The van der Waals surface area contributed by atoms with Crippen molar-refractivity contribution in [3.63, 3.8) is 0 Å². The van der Waals surface area contributed by atoms with Crippen molar-refractivity contribution >= 4 is 0 Å². The number of benzene rings is 1. The van der Waals surface area contributed by atoms with Crippen LogP contribution in [0.2, 0.25) is 0 Å². The molecule has 0 heterocycles. The lowest BCUT2D eigenvalue weighted by molar-refractivity contribution is 0.121. The van der Waals surface area contributed by atoms with Gasteiger partial charge in [-0.25, -0.2) is 0 Å². The largest absolute Gasteiger partial charge is 0.330 e. The molecular formula is C19H31N. The van der Waals surface area contributed by atoms with E-state index in [4.69, 9.17) is 5.73 Å². The highest BCUT2D eigenvalue weighted by Gasteiger charge is 2.34. The molecule has 2 N–H and O–H groups in total. The minimum atomic E-state index is 0.445. The number of hydrogen-bond acceptors (Lipinski definition) is 1. The van der Waals surface area contributed by atoms with Crippen LogP contribution in [0, 0.1) is 17.3 Å². The van der Waals surface area contributed by atoms with Gasteiger partial charge in [0.05, 0.1) is 0 Å². The van der Waals surface area contributed by atoms with Crippen molar-refractivity contribution in [2.75, 3.05) is 6.54 Å². The highest BCUT2D eigenvalue weighted by molar-refractivity contribution is 5.14. The van der Waals surface area contributed by atoms with Crippen molar-refractivity contribution in [2.45, 2.75) is 58.8 Å². The Labute approximate surface area is 125 Å². The lowest BCUT2D eigenvalue weighted by atomic mass is 9.66. The summed E-state index contributed by atoms with van der Waals surface area (Å²) in [5, 5.41) is 0. The van der Waals surface area contributed by atoms with Crippen LogP contribution >= 0.6 is 0 Å². The molecule has 1 aromatic carbocycles. The normalized spacial score (nSPS) is 26.9. The Balaban J connectivity index is 1.81. The van der Waals surface area contributed by atoms with Crippen LogP contribution in [0.5, 0.6) is 0 Å². The first-order valence-electron chi connectivity index (χ1n) is 8.39. The Kier molecular flexibility index (Phi) is 5.65. The lowest BCUT2D eigenvalue weighted by Crippen LogP contribution is -2.36. The summed E-state index contributed by atoms with van der Waals surface area (Å²) < 4.78 is 0. The predicted molar refractivity (Wildman–Crippen MR) is 87.7 cm³/mol. The molecule has 112 valence electrons. The molecule has 1 aliphatic rings. The molecule has 0 atom stereocenters. The Morgan fingerprint density at radius 2 is 1.80 bits per heavy atom. The van der Waals surface area contributed by atoms with Gasteiger partial charge in [0.2, 0.25) is 0 Å². The third kappa shape index (κ3) is 4.09. The summed E-state index contributed by atoms with van der Waals surface area (Å²) in [7, 11) is 0. The molecule has 1 aliphatic carbocycles. The van der Waals surface area contributed by atoms with E-state index in [0.29, 0.717) is 5.41 Å². The zero-order chi connectivity index (χ0) is 14.4. The van der Waals surface area contributed by atoms with Crippen molar-refractivity contribution in [1.82, 2.24) is 0 Å². The van der Waals surface area contributed by atoms with Crippen LogP contribution in [-0.2, 0) is 6.42 Å². The summed E-state index contributed by atoms with van der Waals surface area (Å²) in [6.45, 7) is 5.62. The number of aryl methyl sites for hydroxylation is 1. The maximum absolute atomic E-state index is 6.14. The van der Waals surface area contributed by atoms with Gasteiger partial charge in [0.1, 0.15) is 0 Å². The van der Waals surface area contributed by atoms with E-state index >= 15 is 0 Å². The molecule has 0 saturated heterocycles. The molecule has 0 aliphatic heterocycles. The van der Waals surface area contributed by atoms with Crippen LogP contribution in [0.4, 0.5) is 0 Å². The molecule has 0 radical (unpaired) electrons. The van der Waals surface area contributed by atoms with Crippen LogP contribution in [0.1, 0.15) is 57.9 Å². The fraction of sp³-hybridized carbons (Fsp3) is 0.684. The highest BCUT2D eigenvalue weighted by Crippen LogP contribution is 2.43.